The summed E-state index contributed by atoms with van der Waals surface area (Å²) in [6, 6.07) is 9.85. The van der Waals surface area contributed by atoms with E-state index in [0.717, 1.165) is 6.07 Å². The molecule has 2 nitrogen and oxygen atoms in total. The molecule has 2 aromatic carbocycles. The quantitative estimate of drug-likeness (QED) is 0.867. The van der Waals surface area contributed by atoms with Gasteiger partial charge in [0.25, 0.3) is 0 Å². The Hall–Kier alpha value is -2.38. The fourth-order valence-electron chi connectivity index (χ4n) is 1.62. The second kappa shape index (κ2) is 5.32. The molecule has 102 valence electrons. The van der Waals surface area contributed by atoms with Gasteiger partial charge in [-0.3, -0.25) is 0 Å². The van der Waals surface area contributed by atoms with Gasteiger partial charge in [-0.25, -0.2) is 4.39 Å². The highest BCUT2D eigenvalue weighted by atomic mass is 19.2. The van der Waals surface area contributed by atoms with Gasteiger partial charge in [0.15, 0.2) is 11.6 Å². The number of halogens is 2. The van der Waals surface area contributed by atoms with Crippen molar-refractivity contribution in [3.05, 3.63) is 59.7 Å². The predicted molar refractivity (Wildman–Crippen MR) is 71.3 cm³/mol. The second-order valence-corrected chi connectivity index (χ2v) is 4.39. The van der Waals surface area contributed by atoms with Crippen LogP contribution in [0.15, 0.2) is 42.5 Å². The first-order valence-electron chi connectivity index (χ1n) is 5.86. The van der Waals surface area contributed by atoms with E-state index >= 15 is 0 Å². The molecule has 0 aliphatic heterocycles. The van der Waals surface area contributed by atoms with Crippen LogP contribution in [0.4, 0.5) is 8.78 Å². The molecule has 0 saturated heterocycles. The van der Waals surface area contributed by atoms with Crippen molar-refractivity contribution in [1.82, 2.24) is 0 Å². The highest BCUT2D eigenvalue weighted by molar-refractivity contribution is 5.37. The number of rotatable bonds is 3. The molecule has 0 heterocycles. The van der Waals surface area contributed by atoms with Crippen molar-refractivity contribution in [2.45, 2.75) is 12.5 Å². The SMILES string of the molecule is C#CC(C)(O)c1ccc(Oc2cccc(F)c2F)cc1. The fraction of sp³-hybridized carbons (Fsp3) is 0.125. The van der Waals surface area contributed by atoms with Gasteiger partial charge in [0.2, 0.25) is 5.82 Å². The molecule has 0 aromatic heterocycles. The Balaban J connectivity index is 2.24. The van der Waals surface area contributed by atoms with Gasteiger partial charge in [0.1, 0.15) is 11.4 Å². The summed E-state index contributed by atoms with van der Waals surface area (Å²) in [7, 11) is 0. The molecule has 1 unspecified atom stereocenters. The lowest BCUT2D eigenvalue weighted by molar-refractivity contribution is 0.122. The smallest absolute Gasteiger partial charge is 0.201 e. The normalized spacial score (nSPS) is 13.3. The van der Waals surface area contributed by atoms with Crippen molar-refractivity contribution in [1.29, 1.82) is 0 Å². The summed E-state index contributed by atoms with van der Waals surface area (Å²) in [4.78, 5) is 0. The zero-order valence-electron chi connectivity index (χ0n) is 10.7. The summed E-state index contributed by atoms with van der Waals surface area (Å²) in [6.45, 7) is 1.48. The molecule has 0 spiro atoms. The molecule has 1 atom stereocenters. The topological polar surface area (TPSA) is 29.5 Å². The first kappa shape index (κ1) is 14.0. The van der Waals surface area contributed by atoms with E-state index in [2.05, 4.69) is 5.92 Å². The zero-order valence-corrected chi connectivity index (χ0v) is 10.7. The van der Waals surface area contributed by atoms with E-state index in [-0.39, 0.29) is 5.75 Å². The monoisotopic (exact) mass is 274 g/mol. The molecule has 4 heteroatoms. The lowest BCUT2D eigenvalue weighted by atomic mass is 9.97. The zero-order chi connectivity index (χ0) is 14.8. The van der Waals surface area contributed by atoms with Gasteiger partial charge in [0.05, 0.1) is 0 Å². The molecule has 1 N–H and O–H groups in total. The predicted octanol–water partition coefficient (Wildman–Crippen LogP) is 3.60. The van der Waals surface area contributed by atoms with Crippen LogP contribution < -0.4 is 4.74 Å². The maximum atomic E-state index is 13.4. The lowest BCUT2D eigenvalue weighted by Crippen LogP contribution is -2.17. The average molecular weight is 274 g/mol. The summed E-state index contributed by atoms with van der Waals surface area (Å²) in [6.07, 6.45) is 5.21. The molecule has 0 aliphatic carbocycles. The van der Waals surface area contributed by atoms with Crippen LogP contribution in [0.3, 0.4) is 0 Å². The van der Waals surface area contributed by atoms with E-state index in [1.807, 2.05) is 0 Å². The Labute approximate surface area is 115 Å². The van der Waals surface area contributed by atoms with Crippen molar-refractivity contribution in [3.8, 4) is 23.8 Å². The minimum atomic E-state index is -1.39. The number of terminal acetylenes is 1. The van der Waals surface area contributed by atoms with Crippen molar-refractivity contribution in [3.63, 3.8) is 0 Å². The summed E-state index contributed by atoms with van der Waals surface area (Å²) in [5.74, 6) is 0.326. The van der Waals surface area contributed by atoms with Crippen LogP contribution in [0.25, 0.3) is 0 Å². The third-order valence-corrected chi connectivity index (χ3v) is 2.84. The van der Waals surface area contributed by atoms with Gasteiger partial charge in [-0.1, -0.05) is 24.1 Å². The molecular formula is C16H12F2O2. The Bertz CT molecular complexity index is 655. The van der Waals surface area contributed by atoms with Crippen molar-refractivity contribution in [2.75, 3.05) is 0 Å². The molecule has 0 bridgehead atoms. The highest BCUT2D eigenvalue weighted by Gasteiger charge is 2.19. The third-order valence-electron chi connectivity index (χ3n) is 2.84. The van der Waals surface area contributed by atoms with E-state index in [1.54, 1.807) is 12.1 Å². The highest BCUT2D eigenvalue weighted by Crippen LogP contribution is 2.28. The Morgan fingerprint density at radius 3 is 2.40 bits per heavy atom. The molecule has 2 aromatic rings. The standard InChI is InChI=1S/C16H12F2O2/c1-3-16(2,19)11-7-9-12(10-8-11)20-14-6-4-5-13(17)15(14)18/h1,4-10,19H,2H3. The molecule has 2 rings (SSSR count). The van der Waals surface area contributed by atoms with Crippen LogP contribution in [0.2, 0.25) is 0 Å². The van der Waals surface area contributed by atoms with Crippen LogP contribution in [-0.2, 0) is 5.60 Å². The summed E-state index contributed by atoms with van der Waals surface area (Å²) in [5.41, 5.74) is -0.880. The lowest BCUT2D eigenvalue weighted by Gasteiger charge is -2.17. The van der Waals surface area contributed by atoms with E-state index in [9.17, 15) is 13.9 Å². The van der Waals surface area contributed by atoms with E-state index < -0.39 is 17.2 Å². The first-order chi connectivity index (χ1) is 9.44. The van der Waals surface area contributed by atoms with Gasteiger partial charge in [-0.2, -0.15) is 4.39 Å². The summed E-state index contributed by atoms with van der Waals surface area (Å²) < 4.78 is 31.7. The van der Waals surface area contributed by atoms with E-state index in [4.69, 9.17) is 11.2 Å². The molecule has 0 amide bonds. The number of benzene rings is 2. The first-order valence-corrected chi connectivity index (χ1v) is 5.86. The van der Waals surface area contributed by atoms with Crippen LogP contribution in [0.1, 0.15) is 12.5 Å². The number of aliphatic hydroxyl groups is 1. The molecule has 0 fully saturated rings. The molecule has 0 radical (unpaired) electrons. The Kier molecular flexibility index (Phi) is 3.73. The fourth-order valence-corrected chi connectivity index (χ4v) is 1.62. The second-order valence-electron chi connectivity index (χ2n) is 4.39. The van der Waals surface area contributed by atoms with Crippen LogP contribution >= 0.6 is 0 Å². The molecule has 20 heavy (non-hydrogen) atoms. The third kappa shape index (κ3) is 2.79. The van der Waals surface area contributed by atoms with Crippen LogP contribution in [0.5, 0.6) is 11.5 Å². The minimum absolute atomic E-state index is 0.207. The maximum Gasteiger partial charge on any atom is 0.201 e. The largest absolute Gasteiger partial charge is 0.454 e. The van der Waals surface area contributed by atoms with Crippen LogP contribution in [0, 0.1) is 24.0 Å². The minimum Gasteiger partial charge on any atom is -0.454 e. The van der Waals surface area contributed by atoms with E-state index in [0.29, 0.717) is 11.3 Å². The van der Waals surface area contributed by atoms with Crippen molar-refractivity contribution in [2.24, 2.45) is 0 Å². The number of hydrogen-bond donors (Lipinski definition) is 1. The summed E-state index contributed by atoms with van der Waals surface area (Å²) >= 11 is 0. The maximum absolute atomic E-state index is 13.4. The Morgan fingerprint density at radius 1 is 1.15 bits per heavy atom. The number of ether oxygens (including phenoxy) is 1. The van der Waals surface area contributed by atoms with Gasteiger partial charge >= 0.3 is 0 Å². The molecular weight excluding hydrogens is 262 g/mol. The van der Waals surface area contributed by atoms with Crippen molar-refractivity contribution >= 4 is 0 Å². The van der Waals surface area contributed by atoms with E-state index in [1.165, 1.54) is 31.2 Å². The van der Waals surface area contributed by atoms with Crippen molar-refractivity contribution < 1.29 is 18.6 Å². The Morgan fingerprint density at radius 2 is 1.80 bits per heavy atom. The van der Waals surface area contributed by atoms with Crippen LogP contribution in [-0.4, -0.2) is 5.11 Å². The average Bonchev–Trinajstić information content (AvgIpc) is 2.44. The van der Waals surface area contributed by atoms with Gasteiger partial charge in [0, 0.05) is 0 Å². The summed E-state index contributed by atoms with van der Waals surface area (Å²) in [5, 5.41) is 9.87. The number of hydrogen-bond acceptors (Lipinski definition) is 2. The molecule has 0 saturated carbocycles. The van der Waals surface area contributed by atoms with Gasteiger partial charge < -0.3 is 9.84 Å². The molecule has 0 aliphatic rings. The van der Waals surface area contributed by atoms with Gasteiger partial charge in [-0.05, 0) is 36.8 Å². The van der Waals surface area contributed by atoms with Gasteiger partial charge in [-0.15, -0.1) is 6.42 Å².